The van der Waals surface area contributed by atoms with E-state index >= 15 is 0 Å². The fourth-order valence-corrected chi connectivity index (χ4v) is 3.07. The quantitative estimate of drug-likeness (QED) is 0.797. The summed E-state index contributed by atoms with van der Waals surface area (Å²) < 4.78 is 1.64. The number of nitriles is 1. The Labute approximate surface area is 137 Å². The maximum Gasteiger partial charge on any atom is 0.276 e. The number of hydrogen-bond donors (Lipinski definition) is 1. The third-order valence-corrected chi connectivity index (χ3v) is 4.52. The van der Waals surface area contributed by atoms with Crippen molar-refractivity contribution in [3.63, 3.8) is 0 Å². The number of benzene rings is 1. The molecule has 0 unspecified atom stereocenters. The molecule has 0 fully saturated rings. The number of anilines is 1. The summed E-state index contributed by atoms with van der Waals surface area (Å²) in [6.45, 7) is 2.01. The van der Waals surface area contributed by atoms with Crippen LogP contribution in [0, 0.1) is 11.3 Å². The van der Waals surface area contributed by atoms with Gasteiger partial charge < -0.3 is 5.32 Å². The van der Waals surface area contributed by atoms with Crippen molar-refractivity contribution in [1.29, 1.82) is 5.26 Å². The van der Waals surface area contributed by atoms with E-state index in [-0.39, 0.29) is 5.91 Å². The Morgan fingerprint density at radius 1 is 1.35 bits per heavy atom. The zero-order valence-corrected chi connectivity index (χ0v) is 13.3. The van der Waals surface area contributed by atoms with E-state index in [4.69, 9.17) is 5.26 Å². The molecule has 0 aliphatic carbocycles. The second kappa shape index (κ2) is 6.46. The molecule has 0 radical (unpaired) electrons. The first kappa shape index (κ1) is 15.0. The van der Waals surface area contributed by atoms with Crippen molar-refractivity contribution in [3.8, 4) is 11.8 Å². The van der Waals surface area contributed by atoms with E-state index in [0.717, 1.165) is 17.0 Å². The molecule has 2 heterocycles. The zero-order chi connectivity index (χ0) is 16.2. The summed E-state index contributed by atoms with van der Waals surface area (Å²) in [6, 6.07) is 15.1. The standard InChI is InChI=1S/C17H14N4OS/c1-2-14-10-12(11-18)17(23-14)19-16(22)15-8-9-21(20-15)13-6-4-3-5-7-13/h3-10H,2H2,1H3,(H,19,22). The van der Waals surface area contributed by atoms with E-state index in [1.54, 1.807) is 16.9 Å². The molecular formula is C17H14N4OS. The minimum Gasteiger partial charge on any atom is -0.311 e. The number of nitrogens with one attached hydrogen (secondary N) is 1. The number of thiophene rings is 1. The molecule has 1 aromatic carbocycles. The van der Waals surface area contributed by atoms with Gasteiger partial charge in [0.05, 0.1) is 11.3 Å². The molecule has 3 rings (SSSR count). The van der Waals surface area contributed by atoms with Crippen LogP contribution in [0.4, 0.5) is 5.00 Å². The molecule has 23 heavy (non-hydrogen) atoms. The van der Waals surface area contributed by atoms with E-state index in [2.05, 4.69) is 16.5 Å². The molecule has 0 saturated heterocycles. The van der Waals surface area contributed by atoms with E-state index in [0.29, 0.717) is 16.3 Å². The minimum atomic E-state index is -0.319. The number of aromatic nitrogens is 2. The van der Waals surface area contributed by atoms with E-state index in [1.807, 2.05) is 43.3 Å². The number of rotatable bonds is 4. The van der Waals surface area contributed by atoms with Crippen LogP contribution >= 0.6 is 11.3 Å². The molecule has 6 heteroatoms. The van der Waals surface area contributed by atoms with Gasteiger partial charge in [-0.2, -0.15) is 10.4 Å². The SMILES string of the molecule is CCc1cc(C#N)c(NC(=O)c2ccn(-c3ccccc3)n2)s1. The molecule has 0 spiro atoms. The van der Waals surface area contributed by atoms with Crippen LogP contribution in [0.3, 0.4) is 0 Å². The molecule has 1 amide bonds. The van der Waals surface area contributed by atoms with Gasteiger partial charge in [-0.05, 0) is 30.7 Å². The van der Waals surface area contributed by atoms with Gasteiger partial charge >= 0.3 is 0 Å². The third-order valence-electron chi connectivity index (χ3n) is 3.32. The highest BCUT2D eigenvalue weighted by atomic mass is 32.1. The van der Waals surface area contributed by atoms with Gasteiger partial charge in [0.15, 0.2) is 5.69 Å². The van der Waals surface area contributed by atoms with Crippen LogP contribution in [-0.2, 0) is 6.42 Å². The summed E-state index contributed by atoms with van der Waals surface area (Å²) in [6.07, 6.45) is 2.57. The monoisotopic (exact) mass is 322 g/mol. The Morgan fingerprint density at radius 2 is 2.13 bits per heavy atom. The molecule has 114 valence electrons. The van der Waals surface area contributed by atoms with E-state index in [9.17, 15) is 4.79 Å². The summed E-state index contributed by atoms with van der Waals surface area (Å²) in [7, 11) is 0. The second-order valence-electron chi connectivity index (χ2n) is 4.86. The van der Waals surface area contributed by atoms with Gasteiger partial charge in [-0.3, -0.25) is 4.79 Å². The summed E-state index contributed by atoms with van der Waals surface area (Å²) in [5, 5.41) is 16.8. The highest BCUT2D eigenvalue weighted by Gasteiger charge is 2.15. The molecule has 2 aromatic heterocycles. The van der Waals surface area contributed by atoms with Crippen LogP contribution in [0.25, 0.3) is 5.69 Å². The number of amides is 1. The first-order chi connectivity index (χ1) is 11.2. The van der Waals surface area contributed by atoms with Gasteiger partial charge in [0.1, 0.15) is 11.1 Å². The van der Waals surface area contributed by atoms with Crippen LogP contribution in [0.1, 0.15) is 27.9 Å². The molecule has 3 aromatic rings. The molecular weight excluding hydrogens is 308 g/mol. The molecule has 0 atom stereocenters. The van der Waals surface area contributed by atoms with Crippen LogP contribution < -0.4 is 5.32 Å². The molecule has 0 bridgehead atoms. The lowest BCUT2D eigenvalue weighted by molar-refractivity contribution is 0.102. The maximum absolute atomic E-state index is 12.3. The second-order valence-corrected chi connectivity index (χ2v) is 5.99. The molecule has 1 N–H and O–H groups in total. The van der Waals surface area contributed by atoms with Gasteiger partial charge in [-0.25, -0.2) is 4.68 Å². The average Bonchev–Trinajstić information content (AvgIpc) is 3.22. The Kier molecular flexibility index (Phi) is 4.22. The van der Waals surface area contributed by atoms with Gasteiger partial charge in [0.2, 0.25) is 0 Å². The number of nitrogens with zero attached hydrogens (tertiary/aromatic N) is 3. The van der Waals surface area contributed by atoms with E-state index in [1.165, 1.54) is 11.3 Å². The Hall–Kier alpha value is -2.91. The van der Waals surface area contributed by atoms with Crippen molar-refractivity contribution >= 4 is 22.2 Å². The number of aryl methyl sites for hydroxylation is 1. The predicted molar refractivity (Wildman–Crippen MR) is 89.9 cm³/mol. The smallest absolute Gasteiger partial charge is 0.276 e. The first-order valence-electron chi connectivity index (χ1n) is 7.16. The van der Waals surface area contributed by atoms with Crippen molar-refractivity contribution in [2.24, 2.45) is 0 Å². The Bertz CT molecular complexity index is 874. The van der Waals surface area contributed by atoms with Gasteiger partial charge in [-0.1, -0.05) is 25.1 Å². The molecule has 0 saturated carbocycles. The van der Waals surface area contributed by atoms with Gasteiger partial charge in [-0.15, -0.1) is 11.3 Å². The van der Waals surface area contributed by atoms with Crippen molar-refractivity contribution in [3.05, 3.63) is 64.8 Å². The zero-order valence-electron chi connectivity index (χ0n) is 12.5. The van der Waals surface area contributed by atoms with Crippen molar-refractivity contribution in [2.75, 3.05) is 5.32 Å². The lowest BCUT2D eigenvalue weighted by Crippen LogP contribution is -2.13. The largest absolute Gasteiger partial charge is 0.311 e. The number of carbonyl (C=O) groups is 1. The van der Waals surface area contributed by atoms with Gasteiger partial charge in [0.25, 0.3) is 5.91 Å². The number of carbonyl (C=O) groups excluding carboxylic acids is 1. The number of hydrogen-bond acceptors (Lipinski definition) is 4. The highest BCUT2D eigenvalue weighted by molar-refractivity contribution is 7.16. The topological polar surface area (TPSA) is 70.7 Å². The third kappa shape index (κ3) is 3.15. The van der Waals surface area contributed by atoms with Crippen molar-refractivity contribution in [2.45, 2.75) is 13.3 Å². The van der Waals surface area contributed by atoms with Crippen LogP contribution in [-0.4, -0.2) is 15.7 Å². The lowest BCUT2D eigenvalue weighted by atomic mass is 10.3. The van der Waals surface area contributed by atoms with Crippen molar-refractivity contribution in [1.82, 2.24) is 9.78 Å². The number of para-hydroxylation sites is 1. The van der Waals surface area contributed by atoms with Gasteiger partial charge in [0, 0.05) is 11.1 Å². The molecule has 5 nitrogen and oxygen atoms in total. The molecule has 0 aliphatic heterocycles. The lowest BCUT2D eigenvalue weighted by Gasteiger charge is -2.01. The Balaban J connectivity index is 1.81. The van der Waals surface area contributed by atoms with Crippen LogP contribution in [0.15, 0.2) is 48.7 Å². The van der Waals surface area contributed by atoms with E-state index < -0.39 is 0 Å². The van der Waals surface area contributed by atoms with Crippen LogP contribution in [0.5, 0.6) is 0 Å². The van der Waals surface area contributed by atoms with Crippen LogP contribution in [0.2, 0.25) is 0 Å². The Morgan fingerprint density at radius 3 is 2.83 bits per heavy atom. The summed E-state index contributed by atoms with van der Waals surface area (Å²) >= 11 is 1.42. The fourth-order valence-electron chi connectivity index (χ4n) is 2.13. The summed E-state index contributed by atoms with van der Waals surface area (Å²) in [4.78, 5) is 13.4. The summed E-state index contributed by atoms with van der Waals surface area (Å²) in [5.41, 5.74) is 1.68. The normalized spacial score (nSPS) is 10.3. The maximum atomic E-state index is 12.3. The average molecular weight is 322 g/mol. The summed E-state index contributed by atoms with van der Waals surface area (Å²) in [5.74, 6) is -0.319. The fraction of sp³-hybridized carbons (Fsp3) is 0.118. The van der Waals surface area contributed by atoms with Crippen molar-refractivity contribution < 1.29 is 4.79 Å². The minimum absolute atomic E-state index is 0.309. The predicted octanol–water partition coefficient (Wildman–Crippen LogP) is 3.62. The molecule has 0 aliphatic rings. The highest BCUT2D eigenvalue weighted by Crippen LogP contribution is 2.28. The first-order valence-corrected chi connectivity index (χ1v) is 7.98.